The summed E-state index contributed by atoms with van der Waals surface area (Å²) in [7, 11) is 0. The summed E-state index contributed by atoms with van der Waals surface area (Å²) in [5, 5.41) is 18.6. The summed E-state index contributed by atoms with van der Waals surface area (Å²) >= 11 is 0. The zero-order valence-electron chi connectivity index (χ0n) is 5.96. The van der Waals surface area contributed by atoms with Gasteiger partial charge in [0.2, 0.25) is 0 Å². The normalized spacial score (nSPS) is 44.7. The van der Waals surface area contributed by atoms with E-state index in [1.54, 1.807) is 0 Å². The van der Waals surface area contributed by atoms with Crippen molar-refractivity contribution in [2.24, 2.45) is 5.92 Å². The van der Waals surface area contributed by atoms with Crippen molar-refractivity contribution < 1.29 is 10.2 Å². The summed E-state index contributed by atoms with van der Waals surface area (Å²) in [5.41, 5.74) is -0.727. The second-order valence-corrected chi connectivity index (χ2v) is 3.02. The van der Waals surface area contributed by atoms with E-state index in [9.17, 15) is 10.2 Å². The highest BCUT2D eigenvalue weighted by Gasteiger charge is 2.54. The largest absolute Gasteiger partial charge is 0.390 e. The second kappa shape index (κ2) is 1.96. The molecule has 0 aliphatic heterocycles. The van der Waals surface area contributed by atoms with E-state index in [2.05, 4.69) is 0 Å². The molecule has 1 saturated carbocycles. The van der Waals surface area contributed by atoms with Gasteiger partial charge in [0.05, 0.1) is 11.7 Å². The van der Waals surface area contributed by atoms with Gasteiger partial charge in [-0.1, -0.05) is 13.8 Å². The van der Waals surface area contributed by atoms with Crippen molar-refractivity contribution in [1.29, 1.82) is 0 Å². The van der Waals surface area contributed by atoms with Gasteiger partial charge < -0.3 is 10.2 Å². The lowest BCUT2D eigenvalue weighted by Gasteiger charge is -2.14. The molecule has 0 amide bonds. The van der Waals surface area contributed by atoms with Gasteiger partial charge in [0, 0.05) is 0 Å². The summed E-state index contributed by atoms with van der Waals surface area (Å²) in [5.74, 6) is 0.299. The molecular weight excluding hydrogens is 116 g/mol. The third kappa shape index (κ3) is 0.970. The average Bonchev–Trinajstić information content (AvgIpc) is 2.41. The molecule has 0 heterocycles. The SMILES string of the molecule is CCC(O)C1(O)CC1C. The predicted molar refractivity (Wildman–Crippen MR) is 35.0 cm³/mol. The van der Waals surface area contributed by atoms with Crippen molar-refractivity contribution in [1.82, 2.24) is 0 Å². The van der Waals surface area contributed by atoms with Crippen LogP contribution < -0.4 is 0 Å². The first kappa shape index (κ1) is 7.03. The smallest absolute Gasteiger partial charge is 0.0935 e. The van der Waals surface area contributed by atoms with E-state index in [0.29, 0.717) is 12.3 Å². The first-order valence-electron chi connectivity index (χ1n) is 3.51. The van der Waals surface area contributed by atoms with Gasteiger partial charge in [0.15, 0.2) is 0 Å². The molecule has 0 aromatic rings. The maximum Gasteiger partial charge on any atom is 0.0935 e. The van der Waals surface area contributed by atoms with E-state index < -0.39 is 11.7 Å². The number of aliphatic hydroxyl groups excluding tert-OH is 1. The zero-order chi connectivity index (χ0) is 7.07. The van der Waals surface area contributed by atoms with Crippen molar-refractivity contribution in [3.8, 4) is 0 Å². The van der Waals surface area contributed by atoms with Crippen molar-refractivity contribution in [3.63, 3.8) is 0 Å². The van der Waals surface area contributed by atoms with Crippen LogP contribution in [0.2, 0.25) is 0 Å². The molecule has 1 aliphatic rings. The highest BCUT2D eigenvalue weighted by molar-refractivity contribution is 5.05. The van der Waals surface area contributed by atoms with Crippen LogP contribution in [0.25, 0.3) is 0 Å². The highest BCUT2D eigenvalue weighted by Crippen LogP contribution is 2.46. The molecule has 0 bridgehead atoms. The van der Waals surface area contributed by atoms with E-state index >= 15 is 0 Å². The Labute approximate surface area is 55.5 Å². The maximum atomic E-state index is 9.42. The van der Waals surface area contributed by atoms with Crippen LogP contribution in [-0.4, -0.2) is 21.9 Å². The summed E-state index contributed by atoms with van der Waals surface area (Å²) in [6, 6.07) is 0. The molecule has 1 aliphatic carbocycles. The van der Waals surface area contributed by atoms with Gasteiger partial charge in [-0.3, -0.25) is 0 Å². The quantitative estimate of drug-likeness (QED) is 0.572. The molecule has 2 heteroatoms. The van der Waals surface area contributed by atoms with Crippen molar-refractivity contribution >= 4 is 0 Å². The van der Waals surface area contributed by atoms with E-state index in [-0.39, 0.29) is 0 Å². The highest BCUT2D eigenvalue weighted by atomic mass is 16.3. The lowest BCUT2D eigenvalue weighted by molar-refractivity contribution is -0.0117. The minimum absolute atomic E-state index is 0.299. The third-order valence-electron chi connectivity index (χ3n) is 2.29. The molecule has 0 radical (unpaired) electrons. The van der Waals surface area contributed by atoms with Crippen LogP contribution in [0, 0.1) is 5.92 Å². The minimum atomic E-state index is -0.727. The van der Waals surface area contributed by atoms with Crippen LogP contribution in [0.15, 0.2) is 0 Å². The average molecular weight is 130 g/mol. The fourth-order valence-electron chi connectivity index (χ4n) is 1.25. The van der Waals surface area contributed by atoms with E-state index in [4.69, 9.17) is 0 Å². The van der Waals surface area contributed by atoms with Gasteiger partial charge in [0.1, 0.15) is 0 Å². The van der Waals surface area contributed by atoms with E-state index in [1.807, 2.05) is 13.8 Å². The molecule has 2 nitrogen and oxygen atoms in total. The van der Waals surface area contributed by atoms with Crippen LogP contribution in [0.4, 0.5) is 0 Å². The van der Waals surface area contributed by atoms with Gasteiger partial charge in [-0.2, -0.15) is 0 Å². The van der Waals surface area contributed by atoms with Gasteiger partial charge >= 0.3 is 0 Å². The molecule has 2 N–H and O–H groups in total. The third-order valence-corrected chi connectivity index (χ3v) is 2.29. The summed E-state index contributed by atoms with van der Waals surface area (Å²) in [6.45, 7) is 3.84. The fourth-order valence-corrected chi connectivity index (χ4v) is 1.25. The van der Waals surface area contributed by atoms with Crippen LogP contribution in [-0.2, 0) is 0 Å². The zero-order valence-corrected chi connectivity index (χ0v) is 5.96. The lowest BCUT2D eigenvalue weighted by atomic mass is 10.1. The first-order chi connectivity index (χ1) is 4.11. The Balaban J connectivity index is 2.43. The van der Waals surface area contributed by atoms with Crippen LogP contribution in [0.1, 0.15) is 26.7 Å². The van der Waals surface area contributed by atoms with Crippen molar-refractivity contribution in [3.05, 3.63) is 0 Å². The summed E-state index contributed by atoms with van der Waals surface area (Å²) in [4.78, 5) is 0. The predicted octanol–water partition coefficient (Wildman–Crippen LogP) is 0.528. The van der Waals surface area contributed by atoms with Crippen LogP contribution in [0.3, 0.4) is 0 Å². The molecule has 3 unspecified atom stereocenters. The number of aliphatic hydroxyl groups is 2. The minimum Gasteiger partial charge on any atom is -0.390 e. The fraction of sp³-hybridized carbons (Fsp3) is 1.00. The molecule has 0 aromatic heterocycles. The topological polar surface area (TPSA) is 40.5 Å². The van der Waals surface area contributed by atoms with E-state index in [0.717, 1.165) is 6.42 Å². The van der Waals surface area contributed by atoms with Crippen molar-refractivity contribution in [2.45, 2.75) is 38.4 Å². The summed E-state index contributed by atoms with van der Waals surface area (Å²) < 4.78 is 0. The molecule has 9 heavy (non-hydrogen) atoms. The molecule has 1 rings (SSSR count). The molecule has 1 fully saturated rings. The molecule has 0 aromatic carbocycles. The molecule has 0 spiro atoms. The Morgan fingerprint density at radius 3 is 2.33 bits per heavy atom. The maximum absolute atomic E-state index is 9.42. The Hall–Kier alpha value is -0.0800. The van der Waals surface area contributed by atoms with Crippen LogP contribution in [0.5, 0.6) is 0 Å². The Bertz CT molecular complexity index is 113. The summed E-state index contributed by atoms with van der Waals surface area (Å²) in [6.07, 6.45) is 0.913. The molecule has 0 saturated heterocycles. The Morgan fingerprint density at radius 1 is 1.78 bits per heavy atom. The van der Waals surface area contributed by atoms with Crippen molar-refractivity contribution in [2.75, 3.05) is 0 Å². The van der Waals surface area contributed by atoms with Crippen LogP contribution >= 0.6 is 0 Å². The number of rotatable bonds is 2. The van der Waals surface area contributed by atoms with Gasteiger partial charge in [0.25, 0.3) is 0 Å². The number of hydrogen-bond donors (Lipinski definition) is 2. The molecule has 54 valence electrons. The standard InChI is InChI=1S/C7H14O2/c1-3-6(8)7(9)4-5(7)2/h5-6,8-9H,3-4H2,1-2H3. The molecule has 3 atom stereocenters. The molecular formula is C7H14O2. The lowest BCUT2D eigenvalue weighted by Crippen LogP contribution is -2.28. The van der Waals surface area contributed by atoms with Gasteiger partial charge in [-0.25, -0.2) is 0 Å². The Kier molecular flexibility index (Phi) is 1.53. The monoisotopic (exact) mass is 130 g/mol. The van der Waals surface area contributed by atoms with Gasteiger partial charge in [-0.05, 0) is 18.8 Å². The van der Waals surface area contributed by atoms with Gasteiger partial charge in [-0.15, -0.1) is 0 Å². The van der Waals surface area contributed by atoms with E-state index in [1.165, 1.54) is 0 Å². The Morgan fingerprint density at radius 2 is 2.22 bits per heavy atom. The second-order valence-electron chi connectivity index (χ2n) is 3.02. The number of hydrogen-bond acceptors (Lipinski definition) is 2. The first-order valence-corrected chi connectivity index (χ1v) is 3.51.